The summed E-state index contributed by atoms with van der Waals surface area (Å²) in [6.07, 6.45) is 7.03. The summed E-state index contributed by atoms with van der Waals surface area (Å²) in [5.41, 5.74) is 0. The smallest absolute Gasteiger partial charge is 0.0105 e. The summed E-state index contributed by atoms with van der Waals surface area (Å²) in [6.45, 7) is 11.7. The normalized spacial score (nSPS) is 29.2. The molecule has 3 atom stereocenters. The number of rotatable bonds is 7. The molecule has 0 saturated heterocycles. The molecule has 0 aliphatic heterocycles. The predicted octanol–water partition coefficient (Wildman–Crippen LogP) is 3.52. The van der Waals surface area contributed by atoms with E-state index < -0.39 is 0 Å². The Hall–Kier alpha value is -0.0800. The van der Waals surface area contributed by atoms with E-state index in [0.29, 0.717) is 6.04 Å². The molecule has 0 amide bonds. The lowest BCUT2D eigenvalue weighted by Gasteiger charge is -2.39. The molecule has 108 valence electrons. The van der Waals surface area contributed by atoms with E-state index in [1.165, 1.54) is 45.2 Å². The van der Waals surface area contributed by atoms with Crippen LogP contribution >= 0.6 is 0 Å². The highest BCUT2D eigenvalue weighted by molar-refractivity contribution is 4.86. The van der Waals surface area contributed by atoms with Crippen LogP contribution in [0.2, 0.25) is 0 Å². The van der Waals surface area contributed by atoms with Gasteiger partial charge in [0, 0.05) is 18.6 Å². The second-order valence-corrected chi connectivity index (χ2v) is 6.30. The van der Waals surface area contributed by atoms with Crippen molar-refractivity contribution in [3.63, 3.8) is 0 Å². The van der Waals surface area contributed by atoms with E-state index in [-0.39, 0.29) is 0 Å². The van der Waals surface area contributed by atoms with Crippen LogP contribution < -0.4 is 5.32 Å². The van der Waals surface area contributed by atoms with Gasteiger partial charge in [-0.15, -0.1) is 0 Å². The van der Waals surface area contributed by atoms with Crippen molar-refractivity contribution < 1.29 is 0 Å². The van der Waals surface area contributed by atoms with Gasteiger partial charge in [-0.05, 0) is 58.5 Å². The Balaban J connectivity index is 2.56. The quantitative estimate of drug-likeness (QED) is 0.748. The number of hydrogen-bond donors (Lipinski definition) is 1. The van der Waals surface area contributed by atoms with Crippen LogP contribution in [-0.2, 0) is 0 Å². The fraction of sp³-hybridized carbons (Fsp3) is 1.00. The van der Waals surface area contributed by atoms with Gasteiger partial charge in [0.15, 0.2) is 0 Å². The molecule has 2 heteroatoms. The Morgan fingerprint density at radius 1 is 1.22 bits per heavy atom. The number of nitrogens with one attached hydrogen (secondary N) is 1. The Morgan fingerprint density at radius 3 is 2.44 bits per heavy atom. The molecule has 18 heavy (non-hydrogen) atoms. The SMILES string of the molecule is CCCC1CCC(NC)C(CN(CC)C(C)C)C1. The van der Waals surface area contributed by atoms with Gasteiger partial charge in [-0.1, -0.05) is 26.7 Å². The zero-order chi connectivity index (χ0) is 13.5. The van der Waals surface area contributed by atoms with Crippen LogP contribution in [0.5, 0.6) is 0 Å². The van der Waals surface area contributed by atoms with E-state index >= 15 is 0 Å². The third-order valence-corrected chi connectivity index (χ3v) is 4.76. The summed E-state index contributed by atoms with van der Waals surface area (Å²) in [5.74, 6) is 1.83. The second-order valence-electron chi connectivity index (χ2n) is 6.30. The molecule has 3 unspecified atom stereocenters. The average molecular weight is 254 g/mol. The van der Waals surface area contributed by atoms with Gasteiger partial charge in [-0.25, -0.2) is 0 Å². The molecule has 0 bridgehead atoms. The second kappa shape index (κ2) is 8.16. The molecule has 1 rings (SSSR count). The van der Waals surface area contributed by atoms with Crippen molar-refractivity contribution in [2.24, 2.45) is 11.8 Å². The van der Waals surface area contributed by atoms with Gasteiger partial charge in [0.1, 0.15) is 0 Å². The van der Waals surface area contributed by atoms with Gasteiger partial charge in [-0.2, -0.15) is 0 Å². The molecule has 0 aromatic heterocycles. The van der Waals surface area contributed by atoms with Crippen molar-refractivity contribution >= 4 is 0 Å². The fourth-order valence-electron chi connectivity index (χ4n) is 3.62. The van der Waals surface area contributed by atoms with Crippen molar-refractivity contribution in [1.29, 1.82) is 0 Å². The number of nitrogens with zero attached hydrogens (tertiary/aromatic N) is 1. The zero-order valence-corrected chi connectivity index (χ0v) is 13.2. The van der Waals surface area contributed by atoms with Gasteiger partial charge in [0.2, 0.25) is 0 Å². The van der Waals surface area contributed by atoms with Crippen molar-refractivity contribution in [1.82, 2.24) is 10.2 Å². The summed E-state index contributed by atoms with van der Waals surface area (Å²) in [4.78, 5) is 2.63. The highest BCUT2D eigenvalue weighted by Gasteiger charge is 2.30. The molecule has 2 nitrogen and oxygen atoms in total. The third-order valence-electron chi connectivity index (χ3n) is 4.76. The molecule has 0 aromatic rings. The standard InChI is InChI=1S/C16H34N2/c1-6-8-14-9-10-16(17-5)15(11-14)12-18(7-2)13(3)4/h13-17H,6-12H2,1-5H3. The van der Waals surface area contributed by atoms with Crippen LogP contribution in [0.4, 0.5) is 0 Å². The van der Waals surface area contributed by atoms with E-state index in [1.807, 2.05) is 0 Å². The molecule has 1 fully saturated rings. The lowest BCUT2D eigenvalue weighted by atomic mass is 9.76. The fourth-order valence-corrected chi connectivity index (χ4v) is 3.62. The van der Waals surface area contributed by atoms with E-state index in [2.05, 4.69) is 45.0 Å². The van der Waals surface area contributed by atoms with Crippen molar-refractivity contribution in [3.8, 4) is 0 Å². The van der Waals surface area contributed by atoms with E-state index in [1.54, 1.807) is 0 Å². The summed E-state index contributed by atoms with van der Waals surface area (Å²) in [7, 11) is 2.14. The number of hydrogen-bond acceptors (Lipinski definition) is 2. The Kier molecular flexibility index (Phi) is 7.25. The summed E-state index contributed by atoms with van der Waals surface area (Å²) in [6, 6.07) is 1.42. The van der Waals surface area contributed by atoms with Gasteiger partial charge in [-0.3, -0.25) is 0 Å². The van der Waals surface area contributed by atoms with Gasteiger partial charge in [0.25, 0.3) is 0 Å². The van der Waals surface area contributed by atoms with Crippen LogP contribution in [0.15, 0.2) is 0 Å². The molecule has 1 N–H and O–H groups in total. The molecule has 0 spiro atoms. The van der Waals surface area contributed by atoms with Crippen LogP contribution in [0.1, 0.15) is 59.8 Å². The van der Waals surface area contributed by atoms with Gasteiger partial charge >= 0.3 is 0 Å². The lowest BCUT2D eigenvalue weighted by molar-refractivity contribution is 0.124. The average Bonchev–Trinajstić information content (AvgIpc) is 2.36. The largest absolute Gasteiger partial charge is 0.317 e. The predicted molar refractivity (Wildman–Crippen MR) is 81.0 cm³/mol. The molecule has 0 aromatic carbocycles. The molecule has 1 aliphatic rings. The summed E-state index contributed by atoms with van der Waals surface area (Å²) >= 11 is 0. The van der Waals surface area contributed by atoms with Gasteiger partial charge < -0.3 is 10.2 Å². The first-order chi connectivity index (χ1) is 8.62. The summed E-state index contributed by atoms with van der Waals surface area (Å²) < 4.78 is 0. The lowest BCUT2D eigenvalue weighted by Crippen LogP contribution is -2.46. The minimum atomic E-state index is 0.680. The van der Waals surface area contributed by atoms with Crippen LogP contribution in [0.25, 0.3) is 0 Å². The maximum Gasteiger partial charge on any atom is 0.0105 e. The molecule has 0 heterocycles. The molecule has 0 radical (unpaired) electrons. The molecular weight excluding hydrogens is 220 g/mol. The minimum absolute atomic E-state index is 0.680. The first-order valence-corrected chi connectivity index (χ1v) is 8.03. The topological polar surface area (TPSA) is 15.3 Å². The van der Waals surface area contributed by atoms with Crippen LogP contribution in [0.3, 0.4) is 0 Å². The first kappa shape index (κ1) is 16.0. The summed E-state index contributed by atoms with van der Waals surface area (Å²) in [5, 5.41) is 3.56. The van der Waals surface area contributed by atoms with Crippen LogP contribution in [-0.4, -0.2) is 37.1 Å². The Labute approximate surface area is 115 Å². The van der Waals surface area contributed by atoms with E-state index in [4.69, 9.17) is 0 Å². The molecule has 1 aliphatic carbocycles. The highest BCUT2D eigenvalue weighted by Crippen LogP contribution is 2.32. The monoisotopic (exact) mass is 254 g/mol. The van der Waals surface area contributed by atoms with Gasteiger partial charge in [0.05, 0.1) is 0 Å². The third kappa shape index (κ3) is 4.55. The van der Waals surface area contributed by atoms with Crippen molar-refractivity contribution in [2.45, 2.75) is 71.9 Å². The van der Waals surface area contributed by atoms with E-state index in [9.17, 15) is 0 Å². The van der Waals surface area contributed by atoms with E-state index in [0.717, 1.165) is 17.9 Å². The Bertz CT molecular complexity index is 215. The highest BCUT2D eigenvalue weighted by atomic mass is 15.1. The Morgan fingerprint density at radius 2 is 1.94 bits per heavy atom. The zero-order valence-electron chi connectivity index (χ0n) is 13.2. The maximum atomic E-state index is 3.56. The molecule has 1 saturated carbocycles. The van der Waals surface area contributed by atoms with Crippen molar-refractivity contribution in [3.05, 3.63) is 0 Å². The maximum absolute atomic E-state index is 3.56. The van der Waals surface area contributed by atoms with Crippen molar-refractivity contribution in [2.75, 3.05) is 20.1 Å². The first-order valence-electron chi connectivity index (χ1n) is 8.03. The van der Waals surface area contributed by atoms with Crippen LogP contribution in [0, 0.1) is 11.8 Å². The molecular formula is C16H34N2. The minimum Gasteiger partial charge on any atom is -0.317 e.